The Kier molecular flexibility index (Phi) is 4.13. The molecule has 20 heavy (non-hydrogen) atoms. The van der Waals surface area contributed by atoms with Crippen molar-refractivity contribution in [2.45, 2.75) is 19.8 Å². The highest BCUT2D eigenvalue weighted by Gasteiger charge is 2.45. The van der Waals surface area contributed by atoms with Gasteiger partial charge in [-0.3, -0.25) is 9.59 Å². The van der Waals surface area contributed by atoms with E-state index in [-0.39, 0.29) is 16.6 Å². The lowest BCUT2D eigenvalue weighted by atomic mass is 9.84. The molecule has 1 aromatic carbocycles. The second-order valence-electron chi connectivity index (χ2n) is 5.02. The number of carbonyl (C=O) groups excluding carboxylic acids is 1. The zero-order valence-electron chi connectivity index (χ0n) is 11.0. The van der Waals surface area contributed by atoms with E-state index in [1.807, 2.05) is 0 Å². The van der Waals surface area contributed by atoms with Crippen LogP contribution in [0.4, 0.5) is 4.39 Å². The van der Waals surface area contributed by atoms with Crippen molar-refractivity contribution in [2.24, 2.45) is 5.41 Å². The summed E-state index contributed by atoms with van der Waals surface area (Å²) in [6, 6.07) is 4.51. The minimum Gasteiger partial charge on any atom is -0.481 e. The first-order valence-electron chi connectivity index (χ1n) is 6.38. The predicted octanol–water partition coefficient (Wildman–Crippen LogP) is 2.92. The summed E-state index contributed by atoms with van der Waals surface area (Å²) in [6.07, 6.45) is 0.854. The van der Waals surface area contributed by atoms with Crippen LogP contribution < -0.4 is 0 Å². The zero-order valence-corrected chi connectivity index (χ0v) is 12.6. The predicted molar refractivity (Wildman–Crippen MR) is 75.0 cm³/mol. The number of carbonyl (C=O) groups is 2. The third-order valence-electron chi connectivity index (χ3n) is 3.95. The molecule has 1 aliphatic rings. The second kappa shape index (κ2) is 5.52. The molecule has 0 saturated carbocycles. The molecular formula is C14H15BrFNO3. The molecule has 6 heteroatoms. The first kappa shape index (κ1) is 15.0. The standard InChI is InChI=1S/C14H15BrFNO3/c1-2-14(13(19)20)6-7-17(8-14)12(18)9-4-3-5-10(15)11(9)16/h3-5H,2,6-8H2,1H3,(H,19,20). The van der Waals surface area contributed by atoms with Gasteiger partial charge in [-0.1, -0.05) is 13.0 Å². The first-order valence-corrected chi connectivity index (χ1v) is 7.17. The average Bonchev–Trinajstić information content (AvgIpc) is 2.87. The van der Waals surface area contributed by atoms with E-state index in [1.165, 1.54) is 17.0 Å². The normalized spacial score (nSPS) is 22.1. The second-order valence-corrected chi connectivity index (χ2v) is 5.87. The Bertz CT molecular complexity index is 563. The molecule has 4 nitrogen and oxygen atoms in total. The van der Waals surface area contributed by atoms with E-state index >= 15 is 0 Å². The average molecular weight is 344 g/mol. The van der Waals surface area contributed by atoms with Gasteiger partial charge >= 0.3 is 5.97 Å². The molecule has 1 unspecified atom stereocenters. The number of hydrogen-bond acceptors (Lipinski definition) is 2. The van der Waals surface area contributed by atoms with Gasteiger partial charge < -0.3 is 10.0 Å². The largest absolute Gasteiger partial charge is 0.481 e. The maximum atomic E-state index is 13.9. The maximum absolute atomic E-state index is 13.9. The highest BCUT2D eigenvalue weighted by Crippen LogP contribution is 2.35. The number of amides is 1. The van der Waals surface area contributed by atoms with Gasteiger partial charge in [-0.05, 0) is 40.9 Å². The van der Waals surface area contributed by atoms with Gasteiger partial charge in [0.25, 0.3) is 5.91 Å². The summed E-state index contributed by atoms with van der Waals surface area (Å²) >= 11 is 3.04. The summed E-state index contributed by atoms with van der Waals surface area (Å²) in [5.41, 5.74) is -0.935. The summed E-state index contributed by atoms with van der Waals surface area (Å²) in [5, 5.41) is 9.31. The molecule has 1 N–H and O–H groups in total. The van der Waals surface area contributed by atoms with Crippen LogP contribution in [-0.2, 0) is 4.79 Å². The van der Waals surface area contributed by atoms with Crippen molar-refractivity contribution in [3.63, 3.8) is 0 Å². The van der Waals surface area contributed by atoms with Crippen molar-refractivity contribution in [3.05, 3.63) is 34.1 Å². The van der Waals surface area contributed by atoms with Crippen LogP contribution in [0.5, 0.6) is 0 Å². The third kappa shape index (κ3) is 2.44. The van der Waals surface area contributed by atoms with Crippen LogP contribution in [0.2, 0.25) is 0 Å². The lowest BCUT2D eigenvalue weighted by molar-refractivity contribution is -0.148. The van der Waals surface area contributed by atoms with Gasteiger partial charge in [0, 0.05) is 13.1 Å². The lowest BCUT2D eigenvalue weighted by Crippen LogP contribution is -2.36. The van der Waals surface area contributed by atoms with E-state index in [4.69, 9.17) is 0 Å². The molecule has 1 saturated heterocycles. The number of carboxylic acids is 1. The van der Waals surface area contributed by atoms with Gasteiger partial charge in [0.15, 0.2) is 0 Å². The number of aliphatic carboxylic acids is 1. The molecule has 1 heterocycles. The molecule has 108 valence electrons. The van der Waals surface area contributed by atoms with Crippen LogP contribution >= 0.6 is 15.9 Å². The van der Waals surface area contributed by atoms with Crippen LogP contribution in [0.3, 0.4) is 0 Å². The highest BCUT2D eigenvalue weighted by atomic mass is 79.9. The van der Waals surface area contributed by atoms with E-state index < -0.39 is 23.1 Å². The van der Waals surface area contributed by atoms with Gasteiger partial charge in [-0.2, -0.15) is 0 Å². The molecule has 0 radical (unpaired) electrons. The molecule has 1 fully saturated rings. The molecule has 0 aliphatic carbocycles. The first-order chi connectivity index (χ1) is 9.41. The fourth-order valence-corrected chi connectivity index (χ4v) is 2.87. The molecule has 1 aliphatic heterocycles. The number of benzene rings is 1. The number of carboxylic acid groups (broad SMARTS) is 1. The molecular weight excluding hydrogens is 329 g/mol. The van der Waals surface area contributed by atoms with Crippen LogP contribution in [-0.4, -0.2) is 35.0 Å². The Labute approximate surface area is 124 Å². The molecule has 0 aromatic heterocycles. The quantitative estimate of drug-likeness (QED) is 0.917. The Morgan fingerprint density at radius 3 is 2.75 bits per heavy atom. The third-order valence-corrected chi connectivity index (χ3v) is 4.57. The van der Waals surface area contributed by atoms with Crippen molar-refractivity contribution in [2.75, 3.05) is 13.1 Å². The smallest absolute Gasteiger partial charge is 0.311 e. The molecule has 0 spiro atoms. The van der Waals surface area contributed by atoms with E-state index in [0.29, 0.717) is 19.4 Å². The molecule has 1 aromatic rings. The summed E-state index contributed by atoms with van der Waals surface area (Å²) in [6.45, 7) is 2.26. The Morgan fingerprint density at radius 1 is 1.50 bits per heavy atom. The summed E-state index contributed by atoms with van der Waals surface area (Å²) in [4.78, 5) is 25.1. The van der Waals surface area contributed by atoms with Crippen LogP contribution in [0, 0.1) is 11.2 Å². The summed E-state index contributed by atoms with van der Waals surface area (Å²) in [7, 11) is 0. The van der Waals surface area contributed by atoms with Crippen molar-refractivity contribution in [1.82, 2.24) is 4.90 Å². The van der Waals surface area contributed by atoms with Crippen molar-refractivity contribution in [3.8, 4) is 0 Å². The Hall–Kier alpha value is -1.43. The SMILES string of the molecule is CCC1(C(=O)O)CCN(C(=O)c2cccc(Br)c2F)C1. The maximum Gasteiger partial charge on any atom is 0.311 e. The summed E-state index contributed by atoms with van der Waals surface area (Å²) in [5.74, 6) is -1.97. The number of rotatable bonds is 3. The van der Waals surface area contributed by atoms with Gasteiger partial charge in [0.05, 0.1) is 15.5 Å². The van der Waals surface area contributed by atoms with Gasteiger partial charge in [-0.15, -0.1) is 0 Å². The Balaban J connectivity index is 2.24. The van der Waals surface area contributed by atoms with E-state index in [2.05, 4.69) is 15.9 Å². The molecule has 0 bridgehead atoms. The highest BCUT2D eigenvalue weighted by molar-refractivity contribution is 9.10. The summed E-state index contributed by atoms with van der Waals surface area (Å²) < 4.78 is 14.2. The number of nitrogens with zero attached hydrogens (tertiary/aromatic N) is 1. The fourth-order valence-electron chi connectivity index (χ4n) is 2.50. The zero-order chi connectivity index (χ0) is 14.9. The minimum atomic E-state index is -0.905. The molecule has 1 atom stereocenters. The van der Waals surface area contributed by atoms with E-state index in [1.54, 1.807) is 13.0 Å². The molecule has 1 amide bonds. The monoisotopic (exact) mass is 343 g/mol. The fraction of sp³-hybridized carbons (Fsp3) is 0.429. The van der Waals surface area contributed by atoms with Crippen molar-refractivity contribution in [1.29, 1.82) is 0 Å². The Morgan fingerprint density at radius 2 is 2.20 bits per heavy atom. The van der Waals surface area contributed by atoms with Crippen LogP contribution in [0.15, 0.2) is 22.7 Å². The minimum absolute atomic E-state index is 0.0309. The number of halogens is 2. The van der Waals surface area contributed by atoms with Crippen molar-refractivity contribution < 1.29 is 19.1 Å². The number of hydrogen-bond donors (Lipinski definition) is 1. The topological polar surface area (TPSA) is 57.6 Å². The lowest BCUT2D eigenvalue weighted by Gasteiger charge is -2.23. The van der Waals surface area contributed by atoms with Gasteiger partial charge in [0.1, 0.15) is 5.82 Å². The number of likely N-dealkylation sites (tertiary alicyclic amines) is 1. The van der Waals surface area contributed by atoms with Crippen LogP contribution in [0.1, 0.15) is 30.1 Å². The van der Waals surface area contributed by atoms with Gasteiger partial charge in [-0.25, -0.2) is 4.39 Å². The molecule has 2 rings (SSSR count). The van der Waals surface area contributed by atoms with Crippen molar-refractivity contribution >= 4 is 27.8 Å². The van der Waals surface area contributed by atoms with Crippen LogP contribution in [0.25, 0.3) is 0 Å². The van der Waals surface area contributed by atoms with Gasteiger partial charge in [0.2, 0.25) is 0 Å². The van der Waals surface area contributed by atoms with E-state index in [9.17, 15) is 19.1 Å². The van der Waals surface area contributed by atoms with E-state index in [0.717, 1.165) is 0 Å².